The van der Waals surface area contributed by atoms with Gasteiger partial charge in [-0.25, -0.2) is 9.97 Å². The first-order chi connectivity index (χ1) is 16.6. The van der Waals surface area contributed by atoms with Crippen LogP contribution in [0, 0.1) is 18.3 Å². The van der Waals surface area contributed by atoms with Crippen LogP contribution in [0.15, 0.2) is 36.7 Å². The summed E-state index contributed by atoms with van der Waals surface area (Å²) in [7, 11) is 0. The number of pyridine rings is 1. The molecule has 0 spiro atoms. The highest BCUT2D eigenvalue weighted by Gasteiger charge is 2.20. The topological polar surface area (TPSA) is 119 Å². The largest absolute Gasteiger partial charge is 0.392 e. The highest BCUT2D eigenvalue weighted by Crippen LogP contribution is 2.29. The Kier molecular flexibility index (Phi) is 7.68. The number of hydrogen-bond donors (Lipinski definition) is 4. The molecule has 34 heavy (non-hydrogen) atoms. The minimum atomic E-state index is -0.169. The number of anilines is 3. The molecule has 0 aliphatic heterocycles. The third-order valence-corrected chi connectivity index (χ3v) is 5.74. The van der Waals surface area contributed by atoms with Gasteiger partial charge in [-0.05, 0) is 56.0 Å². The van der Waals surface area contributed by atoms with E-state index in [0.717, 1.165) is 48.4 Å². The third kappa shape index (κ3) is 5.87. The van der Waals surface area contributed by atoms with E-state index in [1.807, 2.05) is 19.2 Å². The number of nitrogens with one attached hydrogen (secondary N) is 3. The van der Waals surface area contributed by atoms with Gasteiger partial charge in [0.1, 0.15) is 6.07 Å². The van der Waals surface area contributed by atoms with Crippen LogP contribution in [0.3, 0.4) is 0 Å². The molecule has 0 atom stereocenters. The Labute approximate surface area is 200 Å². The Hall–Kier alpha value is -3.54. The van der Waals surface area contributed by atoms with E-state index in [9.17, 15) is 10.4 Å². The highest BCUT2D eigenvalue weighted by atomic mass is 16.3. The van der Waals surface area contributed by atoms with Gasteiger partial charge in [-0.2, -0.15) is 5.26 Å². The average Bonchev–Trinajstić information content (AvgIpc) is 3.68. The van der Waals surface area contributed by atoms with Crippen LogP contribution in [0.4, 0.5) is 17.3 Å². The minimum absolute atomic E-state index is 0.169. The molecule has 176 valence electrons. The normalized spacial score (nSPS) is 12.9. The molecule has 0 unspecified atom stereocenters. The molecule has 4 N–H and O–H groups in total. The molecule has 1 aliphatic rings. The van der Waals surface area contributed by atoms with Crippen LogP contribution in [-0.2, 0) is 13.0 Å². The number of hydrogen-bond acceptors (Lipinski definition) is 8. The molecule has 1 saturated carbocycles. The molecule has 2 aromatic heterocycles. The minimum Gasteiger partial charge on any atom is -0.392 e. The summed E-state index contributed by atoms with van der Waals surface area (Å²) in [5.41, 5.74) is 6.17. The van der Waals surface area contributed by atoms with E-state index in [1.54, 1.807) is 18.3 Å². The number of nitrogens with zero attached hydrogens (tertiary/aromatic N) is 4. The first-order valence-electron chi connectivity index (χ1n) is 11.8. The van der Waals surface area contributed by atoms with Gasteiger partial charge in [0.25, 0.3) is 0 Å². The van der Waals surface area contributed by atoms with Crippen molar-refractivity contribution in [2.75, 3.05) is 23.7 Å². The van der Waals surface area contributed by atoms with Crippen LogP contribution in [0.5, 0.6) is 0 Å². The van der Waals surface area contributed by atoms with Crippen molar-refractivity contribution in [2.45, 2.75) is 52.2 Å². The molecule has 2 heterocycles. The van der Waals surface area contributed by atoms with Crippen molar-refractivity contribution in [1.82, 2.24) is 20.3 Å². The lowest BCUT2D eigenvalue weighted by atomic mass is 10.0. The molecular weight excluding hydrogens is 426 g/mol. The summed E-state index contributed by atoms with van der Waals surface area (Å²) in [6, 6.07) is 10.4. The molecule has 0 bridgehead atoms. The number of nitriles is 1. The maximum atomic E-state index is 9.92. The lowest BCUT2D eigenvalue weighted by Crippen LogP contribution is -2.20. The van der Waals surface area contributed by atoms with Gasteiger partial charge < -0.3 is 21.1 Å². The predicted molar refractivity (Wildman–Crippen MR) is 134 cm³/mol. The molecule has 8 heteroatoms. The Bertz CT molecular complexity index is 1180. The monoisotopic (exact) mass is 457 g/mol. The van der Waals surface area contributed by atoms with Gasteiger partial charge in [0, 0.05) is 49.1 Å². The first kappa shape index (κ1) is 23.6. The molecule has 1 fully saturated rings. The van der Waals surface area contributed by atoms with Gasteiger partial charge in [-0.1, -0.05) is 6.92 Å². The number of aliphatic hydroxyl groups is 1. The van der Waals surface area contributed by atoms with Crippen LogP contribution < -0.4 is 16.0 Å². The van der Waals surface area contributed by atoms with Gasteiger partial charge in [-0.3, -0.25) is 4.98 Å². The van der Waals surface area contributed by atoms with Crippen molar-refractivity contribution < 1.29 is 5.11 Å². The van der Waals surface area contributed by atoms with Crippen LogP contribution in [0.1, 0.15) is 48.6 Å². The van der Waals surface area contributed by atoms with Crippen LogP contribution in [0.2, 0.25) is 0 Å². The second-order valence-electron chi connectivity index (χ2n) is 8.63. The Balaban J connectivity index is 1.59. The van der Waals surface area contributed by atoms with Gasteiger partial charge in [0.2, 0.25) is 5.95 Å². The Morgan fingerprint density at radius 2 is 2.03 bits per heavy atom. The zero-order valence-corrected chi connectivity index (χ0v) is 19.7. The zero-order valence-electron chi connectivity index (χ0n) is 19.7. The molecule has 0 radical (unpaired) electrons. The summed E-state index contributed by atoms with van der Waals surface area (Å²) in [5.74, 6) is 0.457. The van der Waals surface area contributed by atoms with E-state index in [4.69, 9.17) is 4.98 Å². The maximum absolute atomic E-state index is 9.92. The summed E-state index contributed by atoms with van der Waals surface area (Å²) in [6.07, 6.45) is 7.82. The summed E-state index contributed by atoms with van der Waals surface area (Å²) in [6.45, 7) is 5.51. The number of aromatic nitrogens is 3. The molecular formula is C26H31N7O. The number of rotatable bonds is 11. The highest BCUT2D eigenvalue weighted by molar-refractivity contribution is 5.73. The van der Waals surface area contributed by atoms with Crippen LogP contribution in [0.25, 0.3) is 11.3 Å². The fraction of sp³-hybridized carbons (Fsp3) is 0.385. The second-order valence-corrected chi connectivity index (χ2v) is 8.63. The van der Waals surface area contributed by atoms with Gasteiger partial charge in [0.05, 0.1) is 34.9 Å². The quantitative estimate of drug-likeness (QED) is 0.340. The van der Waals surface area contributed by atoms with Crippen molar-refractivity contribution >= 4 is 17.3 Å². The van der Waals surface area contributed by atoms with Crippen molar-refractivity contribution in [3.8, 4) is 17.3 Å². The fourth-order valence-corrected chi connectivity index (χ4v) is 3.81. The van der Waals surface area contributed by atoms with Crippen molar-refractivity contribution in [2.24, 2.45) is 0 Å². The summed E-state index contributed by atoms with van der Waals surface area (Å²) < 4.78 is 0. The van der Waals surface area contributed by atoms with E-state index in [-0.39, 0.29) is 6.61 Å². The number of aryl methyl sites for hydroxylation is 1. The molecule has 0 saturated heterocycles. The maximum Gasteiger partial charge on any atom is 0.227 e. The Morgan fingerprint density at radius 1 is 1.18 bits per heavy atom. The van der Waals surface area contributed by atoms with Crippen LogP contribution in [-0.4, -0.2) is 39.2 Å². The molecule has 0 amide bonds. The molecule has 1 aromatic carbocycles. The van der Waals surface area contributed by atoms with Crippen molar-refractivity contribution in [3.63, 3.8) is 0 Å². The van der Waals surface area contributed by atoms with E-state index in [2.05, 4.69) is 45.0 Å². The SMILES string of the molecule is CCCNc1c(C#N)cc(-c2ccnc(Nc3cc(C)cnc3CCNC3CC3)n2)cc1CO. The summed E-state index contributed by atoms with van der Waals surface area (Å²) in [5, 5.41) is 29.7. The standard InChI is InChI=1S/C26H31N7O/c1-3-8-29-25-19(14-27)12-18(13-20(25)16-34)22-6-10-30-26(32-22)33-24-11-17(2)15-31-23(24)7-9-28-21-4-5-21/h6,10-13,15,21,28-29,34H,3-5,7-9,16H2,1-2H3,(H,30,32,33). The first-order valence-corrected chi connectivity index (χ1v) is 11.8. The van der Waals surface area contributed by atoms with Crippen molar-refractivity contribution in [1.29, 1.82) is 5.26 Å². The lowest BCUT2D eigenvalue weighted by Gasteiger charge is -2.15. The van der Waals surface area contributed by atoms with Gasteiger partial charge >= 0.3 is 0 Å². The molecule has 8 nitrogen and oxygen atoms in total. The number of benzene rings is 1. The van der Waals surface area contributed by atoms with E-state index in [1.165, 1.54) is 12.8 Å². The number of aliphatic hydroxyl groups excluding tert-OH is 1. The van der Waals surface area contributed by atoms with Crippen molar-refractivity contribution in [3.05, 3.63) is 59.0 Å². The second kappa shape index (κ2) is 11.1. The van der Waals surface area contributed by atoms with E-state index >= 15 is 0 Å². The molecule has 3 aromatic rings. The molecule has 1 aliphatic carbocycles. The van der Waals surface area contributed by atoms with E-state index in [0.29, 0.717) is 34.5 Å². The fourth-order valence-electron chi connectivity index (χ4n) is 3.81. The van der Waals surface area contributed by atoms with Gasteiger partial charge in [-0.15, -0.1) is 0 Å². The smallest absolute Gasteiger partial charge is 0.227 e. The molecule has 4 rings (SSSR count). The Morgan fingerprint density at radius 3 is 2.76 bits per heavy atom. The van der Waals surface area contributed by atoms with Gasteiger partial charge in [0.15, 0.2) is 0 Å². The van der Waals surface area contributed by atoms with E-state index < -0.39 is 0 Å². The van der Waals surface area contributed by atoms with Crippen LogP contribution >= 0.6 is 0 Å². The predicted octanol–water partition coefficient (Wildman–Crippen LogP) is 4.07. The third-order valence-electron chi connectivity index (χ3n) is 5.74. The lowest BCUT2D eigenvalue weighted by molar-refractivity contribution is 0.282. The zero-order chi connectivity index (χ0) is 23.9. The summed E-state index contributed by atoms with van der Waals surface area (Å²) >= 11 is 0. The summed E-state index contributed by atoms with van der Waals surface area (Å²) in [4.78, 5) is 13.7. The average molecular weight is 458 g/mol.